The summed E-state index contributed by atoms with van der Waals surface area (Å²) in [6.07, 6.45) is 0.161. The Morgan fingerprint density at radius 3 is 2.17 bits per heavy atom. The summed E-state index contributed by atoms with van der Waals surface area (Å²) in [6.45, 7) is 0.833. The van der Waals surface area contributed by atoms with Crippen LogP contribution in [-0.4, -0.2) is 28.4 Å². The first-order valence-electron chi connectivity index (χ1n) is 7.54. The number of primary amides is 1. The number of hydrogen-bond donors (Lipinski definition) is 2. The van der Waals surface area contributed by atoms with Crippen LogP contribution in [0.15, 0.2) is 60.7 Å². The van der Waals surface area contributed by atoms with Crippen LogP contribution in [0.3, 0.4) is 0 Å². The van der Waals surface area contributed by atoms with Gasteiger partial charge in [0.2, 0.25) is 5.91 Å². The molecule has 0 spiro atoms. The van der Waals surface area contributed by atoms with Crippen molar-refractivity contribution >= 4 is 29.1 Å². The maximum absolute atomic E-state index is 12.2. The predicted molar refractivity (Wildman–Crippen MR) is 97.2 cm³/mol. The highest BCUT2D eigenvalue weighted by Gasteiger charge is 2.15. The Morgan fingerprint density at radius 2 is 1.58 bits per heavy atom. The minimum absolute atomic E-state index is 0.161. The van der Waals surface area contributed by atoms with E-state index < -0.39 is 5.91 Å². The van der Waals surface area contributed by atoms with E-state index in [4.69, 9.17) is 18.0 Å². The maximum atomic E-state index is 12.2. The number of thiocarbonyl (C=S) groups is 1. The van der Waals surface area contributed by atoms with Crippen LogP contribution in [0.5, 0.6) is 0 Å². The van der Waals surface area contributed by atoms with E-state index >= 15 is 0 Å². The number of nitrogens with one attached hydrogen (secondary N) is 1. The molecule has 5 nitrogen and oxygen atoms in total. The molecule has 0 heterocycles. The zero-order valence-electron chi connectivity index (χ0n) is 13.1. The van der Waals surface area contributed by atoms with Gasteiger partial charge in [-0.3, -0.25) is 14.9 Å². The molecule has 2 aromatic rings. The molecule has 0 atom stereocenters. The lowest BCUT2D eigenvalue weighted by Crippen LogP contribution is -2.43. The molecule has 0 bridgehead atoms. The molecule has 0 aliphatic heterocycles. The third-order valence-corrected chi connectivity index (χ3v) is 3.75. The van der Waals surface area contributed by atoms with Crippen molar-refractivity contribution in [3.05, 3.63) is 71.8 Å². The smallest absolute Gasteiger partial charge is 0.257 e. The van der Waals surface area contributed by atoms with Gasteiger partial charge in [-0.2, -0.15) is 0 Å². The van der Waals surface area contributed by atoms with Crippen LogP contribution in [-0.2, 0) is 11.3 Å². The monoisotopic (exact) mass is 341 g/mol. The lowest BCUT2D eigenvalue weighted by atomic mass is 10.2. The lowest BCUT2D eigenvalue weighted by Gasteiger charge is -2.25. The van der Waals surface area contributed by atoms with Crippen molar-refractivity contribution in [2.45, 2.75) is 13.0 Å². The van der Waals surface area contributed by atoms with Crippen LogP contribution in [0.2, 0.25) is 0 Å². The fourth-order valence-corrected chi connectivity index (χ4v) is 2.39. The molecular formula is C18H19N3O2S. The Hall–Kier alpha value is -2.73. The summed E-state index contributed by atoms with van der Waals surface area (Å²) >= 11 is 5.34. The van der Waals surface area contributed by atoms with Crippen LogP contribution in [0.4, 0.5) is 0 Å². The van der Waals surface area contributed by atoms with Crippen molar-refractivity contribution in [2.75, 3.05) is 6.54 Å². The van der Waals surface area contributed by atoms with Gasteiger partial charge in [0.05, 0.1) is 0 Å². The molecule has 0 saturated carbocycles. The summed E-state index contributed by atoms with van der Waals surface area (Å²) in [6, 6.07) is 18.5. The summed E-state index contributed by atoms with van der Waals surface area (Å²) in [5, 5.41) is 2.98. The van der Waals surface area contributed by atoms with Crippen LogP contribution < -0.4 is 11.1 Å². The molecular weight excluding hydrogens is 322 g/mol. The molecule has 0 aromatic heterocycles. The van der Waals surface area contributed by atoms with Crippen molar-refractivity contribution in [2.24, 2.45) is 5.73 Å². The Bertz CT molecular complexity index is 705. The number of nitrogens with two attached hydrogens (primary N) is 1. The summed E-state index contributed by atoms with van der Waals surface area (Å²) in [5.74, 6) is -0.692. The fraction of sp³-hybridized carbons (Fsp3) is 0.167. The number of hydrogen-bond acceptors (Lipinski definition) is 3. The molecule has 2 aromatic carbocycles. The highest BCUT2D eigenvalue weighted by atomic mass is 32.1. The molecule has 2 rings (SSSR count). The standard InChI is InChI=1S/C18H19N3O2S/c19-16(22)11-12-21(13-14-7-3-1-4-8-14)18(24)20-17(23)15-9-5-2-6-10-15/h1-10H,11-13H2,(H2,19,22)(H,20,23,24). The molecule has 0 radical (unpaired) electrons. The summed E-state index contributed by atoms with van der Waals surface area (Å²) < 4.78 is 0. The molecule has 0 aliphatic rings. The maximum Gasteiger partial charge on any atom is 0.257 e. The van der Waals surface area contributed by atoms with Gasteiger partial charge in [-0.15, -0.1) is 0 Å². The molecule has 2 amide bonds. The van der Waals surface area contributed by atoms with E-state index in [0.717, 1.165) is 5.56 Å². The number of nitrogens with zero attached hydrogens (tertiary/aromatic N) is 1. The van der Waals surface area contributed by atoms with Gasteiger partial charge in [-0.05, 0) is 29.9 Å². The number of amides is 2. The molecule has 124 valence electrons. The first-order chi connectivity index (χ1) is 11.6. The molecule has 24 heavy (non-hydrogen) atoms. The number of benzene rings is 2. The second kappa shape index (κ2) is 8.79. The number of carbonyl (C=O) groups excluding carboxylic acids is 2. The zero-order valence-corrected chi connectivity index (χ0v) is 14.0. The Balaban J connectivity index is 2.05. The van der Waals surface area contributed by atoms with Gasteiger partial charge in [-0.25, -0.2) is 0 Å². The highest BCUT2D eigenvalue weighted by Crippen LogP contribution is 2.07. The summed E-state index contributed by atoms with van der Waals surface area (Å²) in [5.41, 5.74) is 6.78. The van der Waals surface area contributed by atoms with Gasteiger partial charge >= 0.3 is 0 Å². The molecule has 0 unspecified atom stereocenters. The highest BCUT2D eigenvalue weighted by molar-refractivity contribution is 7.80. The minimum atomic E-state index is -0.412. The fourth-order valence-electron chi connectivity index (χ4n) is 2.14. The van der Waals surface area contributed by atoms with E-state index in [1.54, 1.807) is 29.2 Å². The Kier molecular flexibility index (Phi) is 6.45. The van der Waals surface area contributed by atoms with Gasteiger partial charge < -0.3 is 10.6 Å². The van der Waals surface area contributed by atoms with Crippen molar-refractivity contribution in [1.29, 1.82) is 0 Å². The second-order valence-corrected chi connectivity index (χ2v) is 5.64. The van der Waals surface area contributed by atoms with E-state index in [1.807, 2.05) is 36.4 Å². The zero-order chi connectivity index (χ0) is 17.4. The average molecular weight is 341 g/mol. The van der Waals surface area contributed by atoms with E-state index in [2.05, 4.69) is 5.32 Å². The van der Waals surface area contributed by atoms with Gasteiger partial charge in [0.1, 0.15) is 0 Å². The van der Waals surface area contributed by atoms with Gasteiger partial charge in [-0.1, -0.05) is 48.5 Å². The van der Waals surface area contributed by atoms with Gasteiger partial charge in [0.15, 0.2) is 5.11 Å². The Morgan fingerprint density at radius 1 is 1.00 bits per heavy atom. The quantitative estimate of drug-likeness (QED) is 0.789. The number of rotatable bonds is 6. The minimum Gasteiger partial charge on any atom is -0.370 e. The molecule has 0 aliphatic carbocycles. The first-order valence-corrected chi connectivity index (χ1v) is 7.94. The van der Waals surface area contributed by atoms with Crippen LogP contribution in [0.1, 0.15) is 22.3 Å². The average Bonchev–Trinajstić information content (AvgIpc) is 2.60. The normalized spacial score (nSPS) is 10.0. The lowest BCUT2D eigenvalue weighted by molar-refractivity contribution is -0.118. The van der Waals surface area contributed by atoms with E-state index in [-0.39, 0.29) is 17.4 Å². The van der Waals surface area contributed by atoms with Crippen LogP contribution in [0.25, 0.3) is 0 Å². The van der Waals surface area contributed by atoms with Crippen molar-refractivity contribution < 1.29 is 9.59 Å². The van der Waals surface area contributed by atoms with Crippen LogP contribution in [0, 0.1) is 0 Å². The third kappa shape index (κ3) is 5.48. The Labute approximate surface area is 146 Å². The van der Waals surface area contributed by atoms with Crippen molar-refractivity contribution in [1.82, 2.24) is 10.2 Å². The van der Waals surface area contributed by atoms with E-state index in [0.29, 0.717) is 18.7 Å². The molecule has 0 fully saturated rings. The van der Waals surface area contributed by atoms with E-state index in [9.17, 15) is 9.59 Å². The topological polar surface area (TPSA) is 75.4 Å². The third-order valence-electron chi connectivity index (χ3n) is 3.39. The first kappa shape index (κ1) is 17.6. The predicted octanol–water partition coefficient (Wildman–Crippen LogP) is 2.08. The van der Waals surface area contributed by atoms with Crippen molar-refractivity contribution in [3.8, 4) is 0 Å². The SMILES string of the molecule is NC(=O)CCN(Cc1ccccc1)C(=S)NC(=O)c1ccccc1. The number of carbonyl (C=O) groups is 2. The summed E-state index contributed by atoms with van der Waals surface area (Å²) in [4.78, 5) is 25.1. The van der Waals surface area contributed by atoms with E-state index in [1.165, 1.54) is 0 Å². The summed E-state index contributed by atoms with van der Waals surface area (Å²) in [7, 11) is 0. The van der Waals surface area contributed by atoms with Gasteiger partial charge in [0, 0.05) is 25.1 Å². The van der Waals surface area contributed by atoms with Crippen molar-refractivity contribution in [3.63, 3.8) is 0 Å². The largest absolute Gasteiger partial charge is 0.370 e. The van der Waals surface area contributed by atoms with Crippen LogP contribution >= 0.6 is 12.2 Å². The molecule has 3 N–H and O–H groups in total. The second-order valence-electron chi connectivity index (χ2n) is 5.25. The van der Waals surface area contributed by atoms with Gasteiger partial charge in [0.25, 0.3) is 5.91 Å². The molecule has 6 heteroatoms. The molecule has 0 saturated heterocycles.